The lowest BCUT2D eigenvalue weighted by Gasteiger charge is -2.27. The first-order valence-electron chi connectivity index (χ1n) is 7.93. The molecule has 110 valence electrons. The van der Waals surface area contributed by atoms with Crippen molar-refractivity contribution in [2.45, 2.75) is 38.4 Å². The van der Waals surface area contributed by atoms with Gasteiger partial charge in [0.25, 0.3) is 0 Å². The molecule has 3 nitrogen and oxygen atoms in total. The summed E-state index contributed by atoms with van der Waals surface area (Å²) < 4.78 is 0. The molecular formula is C17H27N3. The van der Waals surface area contributed by atoms with E-state index < -0.39 is 0 Å². The van der Waals surface area contributed by atoms with Crippen LogP contribution in [0.3, 0.4) is 0 Å². The zero-order valence-electron chi connectivity index (χ0n) is 12.9. The Labute approximate surface area is 123 Å². The van der Waals surface area contributed by atoms with Gasteiger partial charge in [0, 0.05) is 25.7 Å². The summed E-state index contributed by atoms with van der Waals surface area (Å²) in [5.74, 6) is 0. The van der Waals surface area contributed by atoms with Gasteiger partial charge in [-0.1, -0.05) is 18.2 Å². The Hall–Kier alpha value is -0.900. The van der Waals surface area contributed by atoms with Crippen molar-refractivity contribution in [3.63, 3.8) is 0 Å². The van der Waals surface area contributed by atoms with Crippen molar-refractivity contribution < 1.29 is 0 Å². The first-order chi connectivity index (χ1) is 9.74. The Morgan fingerprint density at radius 1 is 1.40 bits per heavy atom. The fourth-order valence-corrected chi connectivity index (χ4v) is 3.68. The molecule has 20 heavy (non-hydrogen) atoms. The summed E-state index contributed by atoms with van der Waals surface area (Å²) in [6.07, 6.45) is 3.90. The molecule has 2 aliphatic heterocycles. The summed E-state index contributed by atoms with van der Waals surface area (Å²) in [6, 6.07) is 7.56. The van der Waals surface area contributed by atoms with Crippen LogP contribution in [0.15, 0.2) is 18.2 Å². The second kappa shape index (κ2) is 6.25. The van der Waals surface area contributed by atoms with Gasteiger partial charge in [0.15, 0.2) is 0 Å². The lowest BCUT2D eigenvalue weighted by atomic mass is 9.95. The Balaban J connectivity index is 1.65. The molecule has 1 atom stereocenters. The summed E-state index contributed by atoms with van der Waals surface area (Å²) in [4.78, 5) is 5.02. The van der Waals surface area contributed by atoms with E-state index in [4.69, 9.17) is 0 Å². The summed E-state index contributed by atoms with van der Waals surface area (Å²) >= 11 is 0. The molecule has 1 N–H and O–H groups in total. The lowest BCUT2D eigenvalue weighted by Crippen LogP contribution is -2.36. The van der Waals surface area contributed by atoms with Crippen LogP contribution in [-0.4, -0.2) is 49.6 Å². The second-order valence-corrected chi connectivity index (χ2v) is 6.46. The van der Waals surface area contributed by atoms with Crippen LogP contribution in [0, 0.1) is 0 Å². The molecule has 0 bridgehead atoms. The molecule has 0 aromatic heterocycles. The van der Waals surface area contributed by atoms with Crippen LogP contribution in [0.2, 0.25) is 0 Å². The first kappa shape index (κ1) is 14.1. The molecule has 1 aromatic rings. The highest BCUT2D eigenvalue weighted by atomic mass is 15.2. The third kappa shape index (κ3) is 3.05. The number of hydrogen-bond donors (Lipinski definition) is 1. The SMILES string of the molecule is CN(Cc1cccc2c1CCNC2)CC1CCCN1C. The zero-order chi connectivity index (χ0) is 13.9. The Morgan fingerprint density at radius 2 is 2.30 bits per heavy atom. The average molecular weight is 273 g/mol. The lowest BCUT2D eigenvalue weighted by molar-refractivity contribution is 0.215. The highest BCUT2D eigenvalue weighted by molar-refractivity contribution is 5.37. The molecule has 3 rings (SSSR count). The van der Waals surface area contributed by atoms with E-state index in [1.807, 2.05) is 0 Å². The standard InChI is InChI=1S/C17H27N3/c1-19(13-16-7-4-10-20(16)2)12-15-6-3-5-14-11-18-9-8-17(14)15/h3,5-6,16,18H,4,7-13H2,1-2H3. The van der Waals surface area contributed by atoms with Gasteiger partial charge < -0.3 is 15.1 Å². The van der Waals surface area contributed by atoms with Gasteiger partial charge in [0.1, 0.15) is 0 Å². The van der Waals surface area contributed by atoms with Crippen LogP contribution in [0.1, 0.15) is 29.5 Å². The number of rotatable bonds is 4. The van der Waals surface area contributed by atoms with Crippen molar-refractivity contribution in [2.24, 2.45) is 0 Å². The van der Waals surface area contributed by atoms with Gasteiger partial charge in [-0.15, -0.1) is 0 Å². The van der Waals surface area contributed by atoms with Crippen LogP contribution in [-0.2, 0) is 19.5 Å². The average Bonchev–Trinajstić information content (AvgIpc) is 2.85. The van der Waals surface area contributed by atoms with Gasteiger partial charge in [-0.3, -0.25) is 0 Å². The quantitative estimate of drug-likeness (QED) is 0.903. The number of benzene rings is 1. The minimum absolute atomic E-state index is 0.751. The van der Waals surface area contributed by atoms with Gasteiger partial charge in [-0.25, -0.2) is 0 Å². The van der Waals surface area contributed by atoms with E-state index in [0.29, 0.717) is 0 Å². The first-order valence-corrected chi connectivity index (χ1v) is 7.93. The monoisotopic (exact) mass is 273 g/mol. The summed E-state index contributed by atoms with van der Waals surface area (Å²) in [5, 5.41) is 3.47. The molecule has 3 heteroatoms. The van der Waals surface area contributed by atoms with E-state index in [9.17, 15) is 0 Å². The maximum Gasteiger partial charge on any atom is 0.0234 e. The van der Waals surface area contributed by atoms with E-state index >= 15 is 0 Å². The maximum atomic E-state index is 3.47. The smallest absolute Gasteiger partial charge is 0.0234 e. The molecule has 2 heterocycles. The molecule has 0 spiro atoms. The third-order valence-corrected chi connectivity index (χ3v) is 4.87. The minimum Gasteiger partial charge on any atom is -0.312 e. The highest BCUT2D eigenvalue weighted by Gasteiger charge is 2.22. The Morgan fingerprint density at radius 3 is 3.10 bits per heavy atom. The van der Waals surface area contributed by atoms with Gasteiger partial charge >= 0.3 is 0 Å². The van der Waals surface area contributed by atoms with E-state index in [1.54, 1.807) is 5.56 Å². The summed E-state index contributed by atoms with van der Waals surface area (Å²) in [6.45, 7) is 5.72. The maximum absolute atomic E-state index is 3.47. The summed E-state index contributed by atoms with van der Waals surface area (Å²) in [5.41, 5.74) is 4.63. The Kier molecular flexibility index (Phi) is 4.39. The normalized spacial score (nSPS) is 23.2. The molecule has 0 aliphatic carbocycles. The van der Waals surface area contributed by atoms with E-state index in [0.717, 1.165) is 25.7 Å². The zero-order valence-corrected chi connectivity index (χ0v) is 12.9. The summed E-state index contributed by atoms with van der Waals surface area (Å²) in [7, 11) is 4.54. The number of likely N-dealkylation sites (tertiary alicyclic amines) is 1. The molecule has 1 unspecified atom stereocenters. The predicted octanol–water partition coefficient (Wildman–Crippen LogP) is 1.86. The van der Waals surface area contributed by atoms with Gasteiger partial charge in [0.2, 0.25) is 0 Å². The van der Waals surface area contributed by atoms with Crippen molar-refractivity contribution in [1.29, 1.82) is 0 Å². The highest BCUT2D eigenvalue weighted by Crippen LogP contribution is 2.21. The largest absolute Gasteiger partial charge is 0.312 e. The number of fused-ring (bicyclic) bond motifs is 1. The van der Waals surface area contributed by atoms with Crippen LogP contribution in [0.25, 0.3) is 0 Å². The molecule has 0 radical (unpaired) electrons. The molecule has 1 aromatic carbocycles. The van der Waals surface area contributed by atoms with Crippen molar-refractivity contribution in [2.75, 3.05) is 33.7 Å². The van der Waals surface area contributed by atoms with Gasteiger partial charge in [-0.05, 0) is 63.1 Å². The number of nitrogens with one attached hydrogen (secondary N) is 1. The van der Waals surface area contributed by atoms with Crippen molar-refractivity contribution in [3.8, 4) is 0 Å². The predicted molar refractivity (Wildman–Crippen MR) is 83.8 cm³/mol. The van der Waals surface area contributed by atoms with Crippen molar-refractivity contribution in [3.05, 3.63) is 34.9 Å². The fraction of sp³-hybridized carbons (Fsp3) is 0.647. The van der Waals surface area contributed by atoms with E-state index in [2.05, 4.69) is 47.4 Å². The third-order valence-electron chi connectivity index (χ3n) is 4.87. The number of likely N-dealkylation sites (N-methyl/N-ethyl adjacent to an activating group) is 2. The molecule has 2 aliphatic rings. The Bertz CT molecular complexity index is 458. The van der Waals surface area contributed by atoms with E-state index in [-0.39, 0.29) is 0 Å². The second-order valence-electron chi connectivity index (χ2n) is 6.46. The molecular weight excluding hydrogens is 246 g/mol. The van der Waals surface area contributed by atoms with E-state index in [1.165, 1.54) is 43.5 Å². The minimum atomic E-state index is 0.751. The van der Waals surface area contributed by atoms with Crippen LogP contribution in [0.4, 0.5) is 0 Å². The van der Waals surface area contributed by atoms with Crippen LogP contribution in [0.5, 0.6) is 0 Å². The van der Waals surface area contributed by atoms with Gasteiger partial charge in [-0.2, -0.15) is 0 Å². The van der Waals surface area contributed by atoms with Crippen molar-refractivity contribution >= 4 is 0 Å². The molecule has 1 fully saturated rings. The number of nitrogens with zero attached hydrogens (tertiary/aromatic N) is 2. The van der Waals surface area contributed by atoms with Crippen molar-refractivity contribution in [1.82, 2.24) is 15.1 Å². The molecule has 1 saturated heterocycles. The fourth-order valence-electron chi connectivity index (χ4n) is 3.68. The van der Waals surface area contributed by atoms with Crippen LogP contribution < -0.4 is 5.32 Å². The topological polar surface area (TPSA) is 18.5 Å². The van der Waals surface area contributed by atoms with Crippen LogP contribution >= 0.6 is 0 Å². The van der Waals surface area contributed by atoms with Gasteiger partial charge in [0.05, 0.1) is 0 Å². The molecule has 0 saturated carbocycles. The number of hydrogen-bond acceptors (Lipinski definition) is 3. The molecule has 0 amide bonds.